The zero-order chi connectivity index (χ0) is 14.5. The fraction of sp³-hybridized carbons (Fsp3) is 0.429. The topological polar surface area (TPSA) is 52.0 Å². The molecule has 0 atom stereocenters. The van der Waals surface area contributed by atoms with Crippen molar-refractivity contribution >= 4 is 17.3 Å². The van der Waals surface area contributed by atoms with Crippen LogP contribution in [0, 0.1) is 6.92 Å². The van der Waals surface area contributed by atoms with Crippen molar-refractivity contribution in [1.29, 1.82) is 0 Å². The number of aryl methyl sites for hydroxylation is 2. The molecule has 1 N–H and O–H groups in total. The summed E-state index contributed by atoms with van der Waals surface area (Å²) < 4.78 is 7.22. The third-order valence-electron chi connectivity index (χ3n) is 2.94. The minimum Gasteiger partial charge on any atom is -0.478 e. The normalized spacial score (nSPS) is 10.6. The second-order valence-corrected chi connectivity index (χ2v) is 4.71. The smallest absolute Gasteiger partial charge is 0.213 e. The number of hydrogen-bond donors (Lipinski definition) is 1. The largest absolute Gasteiger partial charge is 0.478 e. The fourth-order valence-corrected chi connectivity index (χ4v) is 2.14. The number of nitrogens with one attached hydrogen (secondary N) is 1. The summed E-state index contributed by atoms with van der Waals surface area (Å²) in [6.45, 7) is 7.92. The lowest BCUT2D eigenvalue weighted by Crippen LogP contribution is -2.08. The van der Waals surface area contributed by atoms with Crippen LogP contribution < -0.4 is 10.1 Å². The Morgan fingerprint density at radius 2 is 2.15 bits per heavy atom. The number of nitrogens with zero attached hydrogens (tertiary/aromatic N) is 3. The van der Waals surface area contributed by atoms with Crippen LogP contribution >= 0.6 is 11.6 Å². The van der Waals surface area contributed by atoms with Gasteiger partial charge in [0.2, 0.25) is 5.88 Å². The van der Waals surface area contributed by atoms with E-state index in [1.807, 2.05) is 37.6 Å². The molecule has 0 spiro atoms. The van der Waals surface area contributed by atoms with Crippen LogP contribution in [0.5, 0.6) is 5.88 Å². The molecule has 0 fully saturated rings. The Balaban J connectivity index is 2.05. The molecular weight excluding hydrogens is 276 g/mol. The van der Waals surface area contributed by atoms with Gasteiger partial charge in [-0.15, -0.1) is 0 Å². The van der Waals surface area contributed by atoms with E-state index in [4.69, 9.17) is 16.3 Å². The zero-order valence-corrected chi connectivity index (χ0v) is 12.7. The molecule has 0 saturated carbocycles. The molecule has 20 heavy (non-hydrogen) atoms. The molecule has 0 aliphatic rings. The van der Waals surface area contributed by atoms with E-state index in [0.717, 1.165) is 28.6 Å². The lowest BCUT2D eigenvalue weighted by atomic mass is 10.3. The van der Waals surface area contributed by atoms with Gasteiger partial charge in [0.05, 0.1) is 41.4 Å². The van der Waals surface area contributed by atoms with Crippen molar-refractivity contribution < 1.29 is 4.74 Å². The van der Waals surface area contributed by atoms with Crippen LogP contribution in [0.3, 0.4) is 0 Å². The van der Waals surface area contributed by atoms with Gasteiger partial charge in [-0.25, -0.2) is 4.98 Å². The van der Waals surface area contributed by atoms with E-state index in [9.17, 15) is 0 Å². The predicted molar refractivity (Wildman–Crippen MR) is 80.4 cm³/mol. The number of ether oxygens (including phenoxy) is 1. The van der Waals surface area contributed by atoms with Crippen LogP contribution in [0.4, 0.5) is 5.69 Å². The molecule has 108 valence electrons. The quantitative estimate of drug-likeness (QED) is 0.888. The van der Waals surface area contributed by atoms with Crippen molar-refractivity contribution in [2.45, 2.75) is 33.9 Å². The maximum Gasteiger partial charge on any atom is 0.213 e. The highest BCUT2D eigenvalue weighted by Crippen LogP contribution is 2.21. The van der Waals surface area contributed by atoms with Crippen LogP contribution in [0.2, 0.25) is 5.02 Å². The van der Waals surface area contributed by atoms with Crippen LogP contribution in [-0.4, -0.2) is 21.4 Å². The molecule has 0 amide bonds. The first-order chi connectivity index (χ1) is 9.65. The number of rotatable bonds is 6. The van der Waals surface area contributed by atoms with E-state index >= 15 is 0 Å². The first-order valence-electron chi connectivity index (χ1n) is 6.70. The number of pyridine rings is 1. The Morgan fingerprint density at radius 1 is 1.35 bits per heavy atom. The second kappa shape index (κ2) is 6.61. The van der Waals surface area contributed by atoms with Crippen molar-refractivity contribution in [3.05, 3.63) is 34.7 Å². The average molecular weight is 295 g/mol. The molecule has 2 aromatic heterocycles. The summed E-state index contributed by atoms with van der Waals surface area (Å²) in [6.07, 6.45) is 1.75. The maximum absolute atomic E-state index is 6.27. The van der Waals surface area contributed by atoms with Crippen molar-refractivity contribution in [3.8, 4) is 5.88 Å². The van der Waals surface area contributed by atoms with E-state index in [0.29, 0.717) is 19.0 Å². The van der Waals surface area contributed by atoms with Crippen molar-refractivity contribution in [1.82, 2.24) is 14.8 Å². The highest BCUT2D eigenvalue weighted by atomic mass is 35.5. The molecule has 0 unspecified atom stereocenters. The number of hydrogen-bond acceptors (Lipinski definition) is 4. The number of aromatic nitrogens is 3. The third-order valence-corrected chi connectivity index (χ3v) is 3.43. The summed E-state index contributed by atoms with van der Waals surface area (Å²) in [7, 11) is 0. The minimum atomic E-state index is 0.614. The second-order valence-electron chi connectivity index (χ2n) is 4.33. The summed E-state index contributed by atoms with van der Waals surface area (Å²) in [4.78, 5) is 4.21. The van der Waals surface area contributed by atoms with Gasteiger partial charge in [-0.2, -0.15) is 5.10 Å². The van der Waals surface area contributed by atoms with Crippen LogP contribution in [0.15, 0.2) is 18.3 Å². The first-order valence-corrected chi connectivity index (χ1v) is 7.08. The van der Waals surface area contributed by atoms with Gasteiger partial charge in [0.25, 0.3) is 0 Å². The summed E-state index contributed by atoms with van der Waals surface area (Å²) >= 11 is 6.27. The molecule has 0 radical (unpaired) electrons. The molecule has 5 nitrogen and oxygen atoms in total. The monoisotopic (exact) mass is 294 g/mol. The van der Waals surface area contributed by atoms with Crippen molar-refractivity contribution in [3.63, 3.8) is 0 Å². The summed E-state index contributed by atoms with van der Waals surface area (Å²) in [6, 6.07) is 3.78. The van der Waals surface area contributed by atoms with Crippen molar-refractivity contribution in [2.24, 2.45) is 0 Å². The molecule has 6 heteroatoms. The molecule has 2 rings (SSSR count). The molecule has 0 bridgehead atoms. The van der Waals surface area contributed by atoms with Gasteiger partial charge >= 0.3 is 0 Å². The van der Waals surface area contributed by atoms with Gasteiger partial charge in [-0.05, 0) is 26.8 Å². The Labute approximate surface area is 123 Å². The molecule has 2 aromatic rings. The van der Waals surface area contributed by atoms with E-state index < -0.39 is 0 Å². The van der Waals surface area contributed by atoms with Crippen molar-refractivity contribution in [2.75, 3.05) is 11.9 Å². The molecule has 2 heterocycles. The Morgan fingerprint density at radius 3 is 2.75 bits per heavy atom. The number of anilines is 1. The Kier molecular flexibility index (Phi) is 4.84. The van der Waals surface area contributed by atoms with Crippen LogP contribution in [0.25, 0.3) is 0 Å². The molecule has 0 aliphatic carbocycles. The number of halogens is 1. The van der Waals surface area contributed by atoms with E-state index in [-0.39, 0.29) is 0 Å². The van der Waals surface area contributed by atoms with Gasteiger partial charge < -0.3 is 10.1 Å². The summed E-state index contributed by atoms with van der Waals surface area (Å²) in [5, 5.41) is 8.40. The standard InChI is InChI=1S/C14H19ClN4O/c1-4-19-12(14(15)10(3)18-19)9-16-11-6-7-13(17-8-11)20-5-2/h6-8,16H,4-5,9H2,1-3H3. The third kappa shape index (κ3) is 3.22. The van der Waals surface area contributed by atoms with E-state index in [1.165, 1.54) is 0 Å². The SMILES string of the molecule is CCOc1ccc(NCc2c(Cl)c(C)nn2CC)cn1. The molecule has 0 saturated heterocycles. The molecule has 0 aromatic carbocycles. The minimum absolute atomic E-state index is 0.614. The highest BCUT2D eigenvalue weighted by molar-refractivity contribution is 6.31. The summed E-state index contributed by atoms with van der Waals surface area (Å²) in [5.74, 6) is 0.630. The van der Waals surface area contributed by atoms with Gasteiger partial charge in [0.15, 0.2) is 0 Å². The Bertz CT molecular complexity index is 565. The van der Waals surface area contributed by atoms with Gasteiger partial charge in [-0.1, -0.05) is 11.6 Å². The van der Waals surface area contributed by atoms with E-state index in [2.05, 4.69) is 15.4 Å². The Hall–Kier alpha value is -1.75. The first kappa shape index (κ1) is 14.7. The predicted octanol–water partition coefficient (Wildman–Crippen LogP) is 3.27. The maximum atomic E-state index is 6.27. The van der Waals surface area contributed by atoms with Gasteiger partial charge in [0, 0.05) is 12.6 Å². The lowest BCUT2D eigenvalue weighted by Gasteiger charge is -2.09. The van der Waals surface area contributed by atoms with E-state index in [1.54, 1.807) is 6.20 Å². The van der Waals surface area contributed by atoms with Crippen LogP contribution in [0.1, 0.15) is 25.2 Å². The molecule has 0 aliphatic heterocycles. The highest BCUT2D eigenvalue weighted by Gasteiger charge is 2.11. The van der Waals surface area contributed by atoms with Gasteiger partial charge in [-0.3, -0.25) is 4.68 Å². The van der Waals surface area contributed by atoms with Gasteiger partial charge in [0.1, 0.15) is 0 Å². The average Bonchev–Trinajstić information content (AvgIpc) is 2.74. The molecular formula is C14H19ClN4O. The fourth-order valence-electron chi connectivity index (χ4n) is 1.94. The van der Waals surface area contributed by atoms with Crippen LogP contribution in [-0.2, 0) is 13.1 Å². The lowest BCUT2D eigenvalue weighted by molar-refractivity contribution is 0.327. The zero-order valence-electron chi connectivity index (χ0n) is 12.0. The summed E-state index contributed by atoms with van der Waals surface area (Å²) in [5.41, 5.74) is 2.77.